The van der Waals surface area contributed by atoms with Crippen molar-refractivity contribution in [1.82, 2.24) is 15.5 Å². The Hall–Kier alpha value is -1.62. The Morgan fingerprint density at radius 2 is 1.19 bits per heavy atom. The minimum atomic E-state index is 0.0713. The lowest BCUT2D eigenvalue weighted by Gasteiger charge is -2.20. The van der Waals surface area contributed by atoms with Gasteiger partial charge in [0, 0.05) is 39.0 Å². The monoisotopic (exact) mass is 379 g/mol. The fraction of sp³-hybridized carbons (Fsp3) is 0.727. The summed E-state index contributed by atoms with van der Waals surface area (Å²) in [7, 11) is 0. The van der Waals surface area contributed by atoms with Crippen LogP contribution in [0.25, 0.3) is 0 Å². The Bertz CT molecular complexity index is 395. The predicted molar refractivity (Wildman–Crippen MR) is 115 cm³/mol. The summed E-state index contributed by atoms with van der Waals surface area (Å²) >= 11 is 0. The van der Waals surface area contributed by atoms with Gasteiger partial charge in [-0.25, -0.2) is 0 Å². The smallest absolute Gasteiger partial charge is 0.223 e. The van der Waals surface area contributed by atoms with Crippen molar-refractivity contribution >= 4 is 11.8 Å². The van der Waals surface area contributed by atoms with E-state index >= 15 is 0 Å². The minimum Gasteiger partial charge on any atom is -0.355 e. The molecule has 0 bridgehead atoms. The van der Waals surface area contributed by atoms with Gasteiger partial charge in [0.15, 0.2) is 0 Å². The van der Waals surface area contributed by atoms with Crippen molar-refractivity contribution in [1.29, 1.82) is 0 Å². The molecule has 0 atom stereocenters. The van der Waals surface area contributed by atoms with Crippen LogP contribution in [0.5, 0.6) is 0 Å². The molecule has 0 unspecified atom stereocenters. The molecule has 0 aromatic rings. The van der Waals surface area contributed by atoms with Crippen LogP contribution in [0.2, 0.25) is 0 Å². The first-order valence-corrected chi connectivity index (χ1v) is 10.7. The van der Waals surface area contributed by atoms with Crippen molar-refractivity contribution in [2.24, 2.45) is 0 Å². The molecule has 27 heavy (non-hydrogen) atoms. The number of nitrogens with zero attached hydrogens (tertiary/aromatic N) is 1. The van der Waals surface area contributed by atoms with Crippen LogP contribution < -0.4 is 10.6 Å². The number of unbranched alkanes of at least 4 members (excludes halogenated alkanes) is 4. The maximum absolute atomic E-state index is 11.8. The van der Waals surface area contributed by atoms with E-state index in [-0.39, 0.29) is 11.8 Å². The summed E-state index contributed by atoms with van der Waals surface area (Å²) < 4.78 is 0. The number of nitrogens with one attached hydrogen (secondary N) is 2. The molecular weight excluding hydrogens is 338 g/mol. The second-order valence-electron chi connectivity index (χ2n) is 6.77. The molecule has 0 radical (unpaired) electrons. The van der Waals surface area contributed by atoms with Crippen molar-refractivity contribution < 1.29 is 9.59 Å². The van der Waals surface area contributed by atoms with Gasteiger partial charge in [0.25, 0.3) is 0 Å². The number of hydrogen-bond acceptors (Lipinski definition) is 3. The molecule has 0 spiro atoms. The van der Waals surface area contributed by atoms with E-state index in [9.17, 15) is 9.59 Å². The van der Waals surface area contributed by atoms with E-state index in [0.29, 0.717) is 25.9 Å². The zero-order valence-electron chi connectivity index (χ0n) is 17.8. The van der Waals surface area contributed by atoms with Gasteiger partial charge in [-0.3, -0.25) is 9.59 Å². The topological polar surface area (TPSA) is 61.4 Å². The summed E-state index contributed by atoms with van der Waals surface area (Å²) in [5.74, 6) is 0.143. The lowest BCUT2D eigenvalue weighted by molar-refractivity contribution is -0.120. The quantitative estimate of drug-likeness (QED) is 0.298. The van der Waals surface area contributed by atoms with Gasteiger partial charge in [-0.15, -0.1) is 0 Å². The number of amides is 2. The summed E-state index contributed by atoms with van der Waals surface area (Å²) in [6.45, 7) is 10.2. The number of hydrogen-bond donors (Lipinski definition) is 2. The third-order valence-corrected chi connectivity index (χ3v) is 4.34. The number of carbonyl (C=O) groups excluding carboxylic acids is 2. The van der Waals surface area contributed by atoms with Crippen molar-refractivity contribution in [3.8, 4) is 0 Å². The van der Waals surface area contributed by atoms with Crippen LogP contribution >= 0.6 is 0 Å². The van der Waals surface area contributed by atoms with E-state index in [1.165, 1.54) is 25.7 Å². The van der Waals surface area contributed by atoms with E-state index in [0.717, 1.165) is 32.5 Å². The molecule has 0 aliphatic rings. The van der Waals surface area contributed by atoms with Crippen molar-refractivity contribution in [3.63, 3.8) is 0 Å². The molecule has 0 aliphatic carbocycles. The van der Waals surface area contributed by atoms with Gasteiger partial charge in [0.2, 0.25) is 11.8 Å². The molecule has 2 amide bonds. The Kier molecular flexibility index (Phi) is 18.0. The molecule has 0 fully saturated rings. The lowest BCUT2D eigenvalue weighted by atomic mass is 10.2. The highest BCUT2D eigenvalue weighted by molar-refractivity contribution is 5.77. The zero-order valence-corrected chi connectivity index (χ0v) is 17.8. The Balaban J connectivity index is 3.76. The second kappa shape index (κ2) is 19.2. The largest absolute Gasteiger partial charge is 0.355 e. The molecule has 156 valence electrons. The highest BCUT2D eigenvalue weighted by Gasteiger charge is 2.04. The SMILES string of the molecule is CCCC/C=C/CC(=O)NCCN(CC)CCNC(=O)C/C=C/CCCC. The summed E-state index contributed by atoms with van der Waals surface area (Å²) in [6, 6.07) is 0. The molecule has 2 N–H and O–H groups in total. The van der Waals surface area contributed by atoms with Gasteiger partial charge in [-0.2, -0.15) is 0 Å². The standard InChI is InChI=1S/C22H41N3O2/c1-4-7-9-11-13-15-21(26)23-17-19-25(6-3)20-18-24-22(27)16-14-12-10-8-5-2/h11-14H,4-10,15-20H2,1-3H3,(H,23,26)(H,24,27)/b13-11+,14-12+. The molecule has 5 heteroatoms. The third kappa shape index (κ3) is 17.5. The highest BCUT2D eigenvalue weighted by Crippen LogP contribution is 1.97. The molecule has 5 nitrogen and oxygen atoms in total. The van der Waals surface area contributed by atoms with Gasteiger partial charge in [0.05, 0.1) is 0 Å². The molecule has 0 saturated heterocycles. The van der Waals surface area contributed by atoms with Crippen molar-refractivity contribution in [2.75, 3.05) is 32.7 Å². The predicted octanol–water partition coefficient (Wildman–Crippen LogP) is 3.81. The van der Waals surface area contributed by atoms with Gasteiger partial charge in [-0.05, 0) is 19.4 Å². The molecule has 0 aromatic heterocycles. The molecular formula is C22H41N3O2. The first kappa shape index (κ1) is 25.4. The van der Waals surface area contributed by atoms with Gasteiger partial charge in [-0.1, -0.05) is 70.8 Å². The molecule has 0 aromatic carbocycles. The summed E-state index contributed by atoms with van der Waals surface area (Å²) in [5.41, 5.74) is 0. The summed E-state index contributed by atoms with van der Waals surface area (Å²) in [4.78, 5) is 25.8. The van der Waals surface area contributed by atoms with Crippen molar-refractivity contribution in [3.05, 3.63) is 24.3 Å². The van der Waals surface area contributed by atoms with Gasteiger partial charge < -0.3 is 15.5 Å². The van der Waals surface area contributed by atoms with E-state index in [1.807, 2.05) is 12.2 Å². The Morgan fingerprint density at radius 1 is 0.741 bits per heavy atom. The van der Waals surface area contributed by atoms with Crippen LogP contribution in [-0.2, 0) is 9.59 Å². The van der Waals surface area contributed by atoms with Crippen LogP contribution in [0.1, 0.15) is 72.1 Å². The normalized spacial score (nSPS) is 11.6. The minimum absolute atomic E-state index is 0.0713. The fourth-order valence-electron chi connectivity index (χ4n) is 2.54. The Labute approximate surface area is 166 Å². The summed E-state index contributed by atoms with van der Waals surface area (Å²) in [6.07, 6.45) is 15.8. The van der Waals surface area contributed by atoms with Crippen LogP contribution in [-0.4, -0.2) is 49.4 Å². The Morgan fingerprint density at radius 3 is 1.56 bits per heavy atom. The van der Waals surface area contributed by atoms with E-state index in [2.05, 4.69) is 48.5 Å². The van der Waals surface area contributed by atoms with Crippen LogP contribution in [0.3, 0.4) is 0 Å². The second-order valence-corrected chi connectivity index (χ2v) is 6.77. The molecule has 0 saturated carbocycles. The zero-order chi connectivity index (χ0) is 20.2. The van der Waals surface area contributed by atoms with E-state index in [1.54, 1.807) is 0 Å². The summed E-state index contributed by atoms with van der Waals surface area (Å²) in [5, 5.41) is 5.91. The fourth-order valence-corrected chi connectivity index (χ4v) is 2.54. The average Bonchev–Trinajstić information content (AvgIpc) is 2.66. The first-order valence-electron chi connectivity index (χ1n) is 10.7. The maximum atomic E-state index is 11.8. The molecule has 0 rings (SSSR count). The number of carbonyl (C=O) groups is 2. The molecule has 0 heterocycles. The lowest BCUT2D eigenvalue weighted by Crippen LogP contribution is -2.39. The number of rotatable bonds is 17. The maximum Gasteiger partial charge on any atom is 0.223 e. The molecule has 0 aliphatic heterocycles. The highest BCUT2D eigenvalue weighted by atomic mass is 16.2. The number of allylic oxidation sites excluding steroid dienone is 2. The third-order valence-electron chi connectivity index (χ3n) is 4.34. The number of likely N-dealkylation sites (N-methyl/N-ethyl adjacent to an activating group) is 1. The van der Waals surface area contributed by atoms with Crippen LogP contribution in [0.15, 0.2) is 24.3 Å². The van der Waals surface area contributed by atoms with Gasteiger partial charge in [0.1, 0.15) is 0 Å². The van der Waals surface area contributed by atoms with Crippen molar-refractivity contribution in [2.45, 2.75) is 72.1 Å². The van der Waals surface area contributed by atoms with E-state index in [4.69, 9.17) is 0 Å². The average molecular weight is 380 g/mol. The van der Waals surface area contributed by atoms with Gasteiger partial charge >= 0.3 is 0 Å². The first-order chi connectivity index (χ1) is 13.1. The van der Waals surface area contributed by atoms with Crippen LogP contribution in [0, 0.1) is 0 Å². The van der Waals surface area contributed by atoms with Crippen LogP contribution in [0.4, 0.5) is 0 Å². The van der Waals surface area contributed by atoms with E-state index < -0.39 is 0 Å².